The summed E-state index contributed by atoms with van der Waals surface area (Å²) in [6, 6.07) is 15.1. The van der Waals surface area contributed by atoms with Crippen molar-refractivity contribution in [1.29, 1.82) is 0 Å². The van der Waals surface area contributed by atoms with Crippen molar-refractivity contribution in [3.05, 3.63) is 109 Å². The summed E-state index contributed by atoms with van der Waals surface area (Å²) in [5, 5.41) is 0. The van der Waals surface area contributed by atoms with Gasteiger partial charge in [0.15, 0.2) is 23.1 Å². The number of rotatable bonds is 11. The topological polar surface area (TPSA) is 105 Å². The Hall–Kier alpha value is -5.31. The molecule has 0 fully saturated rings. The normalized spacial score (nSPS) is 10.2. The van der Waals surface area contributed by atoms with E-state index in [4.69, 9.17) is 18.9 Å². The lowest BCUT2D eigenvalue weighted by molar-refractivity contribution is -0.134. The van der Waals surface area contributed by atoms with Crippen LogP contribution in [-0.4, -0.2) is 23.9 Å². The number of hydrogen-bond acceptors (Lipinski definition) is 8. The summed E-state index contributed by atoms with van der Waals surface area (Å²) < 4.78 is 35.4. The molecule has 0 spiro atoms. The van der Waals surface area contributed by atoms with Gasteiger partial charge in [0.2, 0.25) is 0 Å². The first-order valence-electron chi connectivity index (χ1n) is 12.3. The van der Waals surface area contributed by atoms with E-state index in [0.29, 0.717) is 22.4 Å². The third-order valence-electron chi connectivity index (χ3n) is 5.46. The molecule has 8 nitrogen and oxygen atoms in total. The monoisotopic (exact) mass is 558 g/mol. The van der Waals surface area contributed by atoms with Gasteiger partial charge in [0.25, 0.3) is 0 Å². The summed E-state index contributed by atoms with van der Waals surface area (Å²) in [4.78, 5) is 47.7. The summed E-state index contributed by atoms with van der Waals surface area (Å²) in [5.74, 6) is -3.43. The number of aryl methyl sites for hydroxylation is 1. The van der Waals surface area contributed by atoms with Gasteiger partial charge in [-0.3, -0.25) is 4.79 Å². The predicted molar refractivity (Wildman–Crippen MR) is 149 cm³/mol. The fourth-order valence-corrected chi connectivity index (χ4v) is 3.30. The zero-order chi connectivity index (χ0) is 30.1. The highest BCUT2D eigenvalue weighted by Gasteiger charge is 2.16. The van der Waals surface area contributed by atoms with E-state index < -0.39 is 29.7 Å². The molecule has 0 aromatic heterocycles. The molecule has 0 bridgehead atoms. The van der Waals surface area contributed by atoms with Gasteiger partial charge in [0.1, 0.15) is 5.75 Å². The van der Waals surface area contributed by atoms with Crippen LogP contribution < -0.4 is 18.9 Å². The molecule has 0 unspecified atom stereocenters. The first-order chi connectivity index (χ1) is 19.5. The molecule has 0 saturated heterocycles. The average molecular weight is 559 g/mol. The summed E-state index contributed by atoms with van der Waals surface area (Å²) in [6.45, 7) is 13.4. The minimum atomic E-state index is -0.768. The lowest BCUT2D eigenvalue weighted by Gasteiger charge is -2.12. The minimum absolute atomic E-state index is 0.01000. The molecular weight excluding hydrogens is 531 g/mol. The Bertz CT molecular complexity index is 1540. The Balaban J connectivity index is 1.64. The number of ether oxygens (including phenoxy) is 4. The maximum atomic E-state index is 14.8. The molecule has 0 N–H and O–H groups in total. The quantitative estimate of drug-likeness (QED) is 0.158. The molecule has 0 saturated carbocycles. The van der Waals surface area contributed by atoms with Crippen LogP contribution in [0.2, 0.25) is 0 Å². The zero-order valence-electron chi connectivity index (χ0n) is 22.5. The summed E-state index contributed by atoms with van der Waals surface area (Å²) in [6.07, 6.45) is 0.991. The molecule has 3 aromatic carbocycles. The first-order valence-corrected chi connectivity index (χ1v) is 12.3. The number of esters is 4. The van der Waals surface area contributed by atoms with Crippen LogP contribution in [0.5, 0.6) is 23.0 Å². The van der Waals surface area contributed by atoms with E-state index in [1.165, 1.54) is 38.1 Å². The Morgan fingerprint density at radius 3 is 1.95 bits per heavy atom. The van der Waals surface area contributed by atoms with E-state index >= 15 is 0 Å². The molecule has 0 amide bonds. The minimum Gasteiger partial charge on any atom is -0.423 e. The van der Waals surface area contributed by atoms with Crippen molar-refractivity contribution in [2.75, 3.05) is 0 Å². The molecule has 0 aliphatic heterocycles. The summed E-state index contributed by atoms with van der Waals surface area (Å²) >= 11 is 0. The van der Waals surface area contributed by atoms with E-state index in [1.54, 1.807) is 36.4 Å². The number of hydrogen-bond donors (Lipinski definition) is 0. The molecule has 0 atom stereocenters. The second kappa shape index (κ2) is 13.7. The van der Waals surface area contributed by atoms with Crippen molar-refractivity contribution in [2.24, 2.45) is 0 Å². The highest BCUT2D eigenvalue weighted by Crippen LogP contribution is 2.31. The van der Waals surface area contributed by atoms with Gasteiger partial charge in [-0.25, -0.2) is 18.8 Å². The van der Waals surface area contributed by atoms with Crippen LogP contribution in [0.15, 0.2) is 97.6 Å². The molecular formula is C32H27FO8. The van der Waals surface area contributed by atoms with E-state index in [9.17, 15) is 23.6 Å². The number of halogens is 1. The van der Waals surface area contributed by atoms with Gasteiger partial charge in [-0.05, 0) is 73.4 Å². The van der Waals surface area contributed by atoms with E-state index in [2.05, 4.69) is 19.7 Å². The summed E-state index contributed by atoms with van der Waals surface area (Å²) in [5.41, 5.74) is 2.16. The third kappa shape index (κ3) is 8.59. The molecule has 41 heavy (non-hydrogen) atoms. The molecule has 3 aromatic rings. The van der Waals surface area contributed by atoms with Gasteiger partial charge in [-0.2, -0.15) is 0 Å². The Morgan fingerprint density at radius 2 is 1.34 bits per heavy atom. The molecule has 0 aliphatic carbocycles. The molecule has 0 heterocycles. The predicted octanol–water partition coefficient (Wildman–Crippen LogP) is 6.09. The maximum Gasteiger partial charge on any atom is 0.338 e. The molecule has 9 heteroatoms. The zero-order valence-corrected chi connectivity index (χ0v) is 22.5. The van der Waals surface area contributed by atoms with Crippen molar-refractivity contribution in [2.45, 2.75) is 26.7 Å². The Kier molecular flexibility index (Phi) is 10.1. The standard InChI is InChI=1S/C32H27FO8/c1-6-29(34)40-28-17-21(7-14-27(28)41-32(37)20(4)5)8-16-30(35)39-26-15-11-23(18-25(26)33)22-9-12-24(13-10-22)38-31(36)19(2)3/h6-7,9-15,17-18H,1-2,4,8,16H2,3,5H3. The average Bonchev–Trinajstić information content (AvgIpc) is 2.94. The second-order valence-corrected chi connectivity index (χ2v) is 8.89. The first kappa shape index (κ1) is 30.2. The lowest BCUT2D eigenvalue weighted by atomic mass is 10.1. The lowest BCUT2D eigenvalue weighted by Crippen LogP contribution is -2.12. The fraction of sp³-hybridized carbons (Fsp3) is 0.125. The van der Waals surface area contributed by atoms with E-state index in [1.807, 2.05) is 0 Å². The van der Waals surface area contributed by atoms with Crippen LogP contribution in [0.4, 0.5) is 4.39 Å². The maximum absolute atomic E-state index is 14.8. The SMILES string of the molecule is C=CC(=O)Oc1cc(CCC(=O)Oc2ccc(-c3ccc(OC(=O)C(=C)C)cc3)cc2F)ccc1OC(=O)C(=C)C. The van der Waals surface area contributed by atoms with Gasteiger partial charge in [0.05, 0.1) is 0 Å². The van der Waals surface area contributed by atoms with Gasteiger partial charge < -0.3 is 18.9 Å². The van der Waals surface area contributed by atoms with Gasteiger partial charge in [-0.15, -0.1) is 0 Å². The van der Waals surface area contributed by atoms with E-state index in [0.717, 1.165) is 6.08 Å². The third-order valence-corrected chi connectivity index (χ3v) is 5.46. The van der Waals surface area contributed by atoms with Crippen LogP contribution in [0.3, 0.4) is 0 Å². The van der Waals surface area contributed by atoms with Crippen molar-refractivity contribution in [1.82, 2.24) is 0 Å². The van der Waals surface area contributed by atoms with E-state index in [-0.39, 0.29) is 41.2 Å². The van der Waals surface area contributed by atoms with Crippen molar-refractivity contribution < 1.29 is 42.5 Å². The second-order valence-electron chi connectivity index (χ2n) is 8.89. The number of carbonyl (C=O) groups excluding carboxylic acids is 4. The molecule has 0 radical (unpaired) electrons. The number of benzene rings is 3. The molecule has 210 valence electrons. The van der Waals surface area contributed by atoms with Crippen molar-refractivity contribution in [3.8, 4) is 34.1 Å². The van der Waals surface area contributed by atoms with Gasteiger partial charge in [-0.1, -0.05) is 44.0 Å². The smallest absolute Gasteiger partial charge is 0.338 e. The Morgan fingerprint density at radius 1 is 0.732 bits per heavy atom. The van der Waals surface area contributed by atoms with Crippen LogP contribution in [0, 0.1) is 5.82 Å². The highest BCUT2D eigenvalue weighted by molar-refractivity contribution is 5.90. The summed E-state index contributed by atoms with van der Waals surface area (Å²) in [7, 11) is 0. The fourth-order valence-electron chi connectivity index (χ4n) is 3.30. The van der Waals surface area contributed by atoms with Crippen LogP contribution in [0.1, 0.15) is 25.8 Å². The van der Waals surface area contributed by atoms with Crippen LogP contribution in [0.25, 0.3) is 11.1 Å². The molecule has 0 aliphatic rings. The Labute approximate surface area is 236 Å². The van der Waals surface area contributed by atoms with Gasteiger partial charge >= 0.3 is 23.9 Å². The van der Waals surface area contributed by atoms with Crippen molar-refractivity contribution in [3.63, 3.8) is 0 Å². The van der Waals surface area contributed by atoms with Crippen molar-refractivity contribution >= 4 is 23.9 Å². The largest absolute Gasteiger partial charge is 0.423 e. The van der Waals surface area contributed by atoms with Crippen LogP contribution in [-0.2, 0) is 25.6 Å². The van der Waals surface area contributed by atoms with Crippen LogP contribution >= 0.6 is 0 Å². The number of carbonyl (C=O) groups is 4. The van der Waals surface area contributed by atoms with Gasteiger partial charge in [0, 0.05) is 23.6 Å². The highest BCUT2D eigenvalue weighted by atomic mass is 19.1. The molecule has 3 rings (SSSR count).